The van der Waals surface area contributed by atoms with E-state index >= 15 is 0 Å². The van der Waals surface area contributed by atoms with Crippen LogP contribution in [0.4, 0.5) is 8.78 Å². The Morgan fingerprint density at radius 3 is 2.27 bits per heavy atom. The monoisotopic (exact) mass is 186 g/mol. The first-order chi connectivity index (χ1) is 4.84. The van der Waals surface area contributed by atoms with E-state index in [1.54, 1.807) is 0 Å². The Morgan fingerprint density at radius 1 is 1.55 bits per heavy atom. The van der Waals surface area contributed by atoms with Gasteiger partial charge in [0.05, 0.1) is 12.3 Å². The van der Waals surface area contributed by atoms with Gasteiger partial charge in [-0.05, 0) is 0 Å². The van der Waals surface area contributed by atoms with Crippen molar-refractivity contribution < 1.29 is 27.9 Å². The van der Waals surface area contributed by atoms with E-state index in [0.29, 0.717) is 0 Å². The van der Waals surface area contributed by atoms with Gasteiger partial charge >= 0.3 is 0 Å². The highest BCUT2D eigenvalue weighted by Crippen LogP contribution is 2.44. The lowest BCUT2D eigenvalue weighted by molar-refractivity contribution is -0.319. The van der Waals surface area contributed by atoms with Crippen molar-refractivity contribution in [3.8, 4) is 0 Å². The van der Waals surface area contributed by atoms with Crippen molar-refractivity contribution in [3.05, 3.63) is 0 Å². The van der Waals surface area contributed by atoms with Crippen molar-refractivity contribution in [2.45, 2.75) is 11.6 Å². The molecule has 0 saturated carbocycles. The van der Waals surface area contributed by atoms with Gasteiger partial charge < -0.3 is 19.1 Å². The largest absolute Gasteiger partial charge is 0.810 e. The molecule has 1 saturated heterocycles. The average molecular weight is 186 g/mol. The van der Waals surface area contributed by atoms with Crippen molar-refractivity contribution in [3.63, 3.8) is 0 Å². The van der Waals surface area contributed by atoms with Crippen molar-refractivity contribution >= 4 is 7.60 Å². The number of rotatable bonds is 1. The van der Waals surface area contributed by atoms with E-state index in [1.807, 2.05) is 0 Å². The van der Waals surface area contributed by atoms with E-state index in [2.05, 4.69) is 4.74 Å². The zero-order valence-corrected chi connectivity index (χ0v) is 6.22. The molecule has 0 amide bonds. The summed E-state index contributed by atoms with van der Waals surface area (Å²) in [6, 6.07) is 0. The van der Waals surface area contributed by atoms with E-state index in [1.165, 1.54) is 0 Å². The normalized spacial score (nSPS) is 30.7. The lowest BCUT2D eigenvalue weighted by Gasteiger charge is -2.37. The Hall–Kier alpha value is -0.0300. The molecule has 0 aromatic rings. The fourth-order valence-corrected chi connectivity index (χ4v) is 1.67. The molecule has 1 aliphatic rings. The van der Waals surface area contributed by atoms with Crippen LogP contribution < -0.4 is 9.79 Å². The Kier molecular flexibility index (Phi) is 2.05. The van der Waals surface area contributed by atoms with Gasteiger partial charge in [-0.1, -0.05) is 7.60 Å². The average Bonchev–Trinajstić information content (AvgIpc) is 2.06. The summed E-state index contributed by atoms with van der Waals surface area (Å²) in [5.74, 6) is -3.51. The summed E-state index contributed by atoms with van der Waals surface area (Å²) in [5, 5.41) is 0. The summed E-state index contributed by atoms with van der Waals surface area (Å²) in [5.41, 5.74) is -2.19. The predicted octanol–water partition coefficient (Wildman–Crippen LogP) is -1.07. The van der Waals surface area contributed by atoms with Crippen LogP contribution in [0.5, 0.6) is 0 Å². The van der Waals surface area contributed by atoms with Crippen LogP contribution in [-0.4, -0.2) is 24.8 Å². The number of halogens is 2. The van der Waals surface area contributed by atoms with Crippen LogP contribution >= 0.6 is 7.60 Å². The molecule has 0 radical (unpaired) electrons. The molecule has 0 aromatic carbocycles. The van der Waals surface area contributed by atoms with Crippen molar-refractivity contribution in [2.75, 3.05) is 13.2 Å². The summed E-state index contributed by atoms with van der Waals surface area (Å²) in [7, 11) is -5.21. The summed E-state index contributed by atoms with van der Waals surface area (Å²) in [6.07, 6.45) is 0. The number of alkyl halides is 2. The smallest absolute Gasteiger partial charge is 0.280 e. The Balaban J connectivity index is 2.81. The lowest BCUT2D eigenvalue weighted by Crippen LogP contribution is -2.39. The maximum absolute atomic E-state index is 12.4. The molecule has 1 aliphatic heterocycles. The van der Waals surface area contributed by atoms with Crippen LogP contribution in [-0.2, 0) is 9.30 Å². The maximum Gasteiger partial charge on any atom is 0.280 e. The molecule has 1 heterocycles. The number of ether oxygens (including phenoxy) is 1. The molecule has 4 nitrogen and oxygen atoms in total. The summed E-state index contributed by atoms with van der Waals surface area (Å²) in [4.78, 5) is 20.3. The summed E-state index contributed by atoms with van der Waals surface area (Å²) < 4.78 is 39.2. The molecule has 1 unspecified atom stereocenters. The first-order valence-corrected chi connectivity index (χ1v) is 4.42. The fourth-order valence-electron chi connectivity index (χ4n) is 0.847. The number of hydrogen-bond donors (Lipinski definition) is 0. The van der Waals surface area contributed by atoms with E-state index in [9.17, 15) is 23.1 Å². The van der Waals surface area contributed by atoms with Crippen LogP contribution in [0.15, 0.2) is 0 Å². The fraction of sp³-hybridized carbons (Fsp3) is 1.00. The first kappa shape index (κ1) is 9.06. The van der Waals surface area contributed by atoms with Gasteiger partial charge in [0, 0.05) is 0 Å². The highest BCUT2D eigenvalue weighted by atomic mass is 31.2. The molecule has 0 bridgehead atoms. The second-order valence-electron chi connectivity index (χ2n) is 2.33. The van der Waals surface area contributed by atoms with Gasteiger partial charge in [-0.3, -0.25) is 0 Å². The summed E-state index contributed by atoms with van der Waals surface area (Å²) >= 11 is 0. The molecule has 0 aliphatic carbocycles. The van der Waals surface area contributed by atoms with Crippen molar-refractivity contribution in [1.82, 2.24) is 0 Å². The molecule has 0 N–H and O–H groups in total. The standard InChI is InChI=1S/C4H7F2O4P/c5-4(6)2-10-1-3(4)11(7,8)9/h3H,1-2H2,(H2,7,8,9)/p-2. The predicted molar refractivity (Wildman–Crippen MR) is 27.2 cm³/mol. The molecule has 1 fully saturated rings. The Labute approximate surface area is 61.3 Å². The molecule has 1 rings (SSSR count). The van der Waals surface area contributed by atoms with Gasteiger partial charge in [0.15, 0.2) is 0 Å². The van der Waals surface area contributed by atoms with E-state index in [0.717, 1.165) is 0 Å². The lowest BCUT2D eigenvalue weighted by atomic mass is 10.3. The van der Waals surface area contributed by atoms with E-state index in [4.69, 9.17) is 0 Å². The van der Waals surface area contributed by atoms with Crippen LogP contribution in [0.25, 0.3) is 0 Å². The van der Waals surface area contributed by atoms with E-state index in [-0.39, 0.29) is 0 Å². The number of hydrogen-bond acceptors (Lipinski definition) is 4. The maximum atomic E-state index is 12.4. The van der Waals surface area contributed by atoms with Crippen LogP contribution in [0.1, 0.15) is 0 Å². The van der Waals surface area contributed by atoms with Crippen molar-refractivity contribution in [2.24, 2.45) is 0 Å². The molecular weight excluding hydrogens is 181 g/mol. The minimum atomic E-state index is -5.21. The Morgan fingerprint density at radius 2 is 2.09 bits per heavy atom. The third-order valence-corrected chi connectivity index (χ3v) is 2.73. The zero-order chi connectivity index (χ0) is 8.70. The Bertz CT molecular complexity index is 200. The summed E-state index contributed by atoms with van der Waals surface area (Å²) in [6.45, 7) is -1.68. The van der Waals surface area contributed by atoms with E-state index < -0.39 is 32.4 Å². The van der Waals surface area contributed by atoms with Gasteiger partial charge in [-0.25, -0.2) is 8.78 Å². The third-order valence-electron chi connectivity index (χ3n) is 1.44. The minimum Gasteiger partial charge on any atom is -0.810 e. The quantitative estimate of drug-likeness (QED) is 0.489. The molecule has 1 atom stereocenters. The van der Waals surface area contributed by atoms with Gasteiger partial charge in [0.1, 0.15) is 6.61 Å². The second kappa shape index (κ2) is 2.48. The minimum absolute atomic E-state index is 0.697. The van der Waals surface area contributed by atoms with Gasteiger partial charge in [-0.2, -0.15) is 0 Å². The molecule has 0 spiro atoms. The molecular formula is C4H5F2O4P-2. The second-order valence-corrected chi connectivity index (χ2v) is 4.03. The first-order valence-electron chi connectivity index (χ1n) is 2.81. The SMILES string of the molecule is O=P([O-])([O-])C1COCC1(F)F. The molecule has 11 heavy (non-hydrogen) atoms. The van der Waals surface area contributed by atoms with Crippen LogP contribution in [0, 0.1) is 0 Å². The molecule has 66 valence electrons. The highest BCUT2D eigenvalue weighted by molar-refractivity contribution is 7.49. The van der Waals surface area contributed by atoms with Crippen molar-refractivity contribution in [1.29, 1.82) is 0 Å². The van der Waals surface area contributed by atoms with Gasteiger partial charge in [-0.15, -0.1) is 0 Å². The van der Waals surface area contributed by atoms with Gasteiger partial charge in [0.2, 0.25) is 0 Å². The van der Waals surface area contributed by atoms with Crippen LogP contribution in [0.3, 0.4) is 0 Å². The van der Waals surface area contributed by atoms with Gasteiger partial charge in [0.25, 0.3) is 5.92 Å². The third kappa shape index (κ3) is 1.76. The topological polar surface area (TPSA) is 72.4 Å². The highest BCUT2D eigenvalue weighted by Gasteiger charge is 2.46. The van der Waals surface area contributed by atoms with Crippen LogP contribution in [0.2, 0.25) is 0 Å². The molecule has 0 aromatic heterocycles. The zero-order valence-electron chi connectivity index (χ0n) is 5.33. The molecule has 7 heteroatoms.